The third-order valence-electron chi connectivity index (χ3n) is 8.47. The molecule has 2 aromatic carbocycles. The van der Waals surface area contributed by atoms with E-state index in [4.69, 9.17) is 0 Å². The fraction of sp³-hybridized carbons (Fsp3) is 0.533. The summed E-state index contributed by atoms with van der Waals surface area (Å²) in [6.45, 7) is 8.42. The normalized spacial score (nSPS) is 18.7. The second-order valence-corrected chi connectivity index (χ2v) is 10.7. The fourth-order valence-corrected chi connectivity index (χ4v) is 6.12. The Kier molecular flexibility index (Phi) is 8.63. The molecule has 0 N–H and O–H groups in total. The standard InChI is InChI=1S/C30H39F2N3O2/c1-4-30(24-10-6-5-9-22(24)2)14-19-34(20-15-30)17-8-16-33(3)29(37)28(35-18-7-11-27(35)36)23-12-13-25(31)26(32)21-23/h5-6,9-10,12-13,21,28H,4,7-8,11,14-20H2,1-3H3. The summed E-state index contributed by atoms with van der Waals surface area (Å²) < 4.78 is 27.5. The van der Waals surface area contributed by atoms with Gasteiger partial charge in [-0.15, -0.1) is 0 Å². The molecule has 4 rings (SSSR count). The highest BCUT2D eigenvalue weighted by atomic mass is 19.2. The Labute approximate surface area is 219 Å². The van der Waals surface area contributed by atoms with E-state index in [0.29, 0.717) is 31.5 Å². The number of likely N-dealkylation sites (tertiary alicyclic amines) is 2. The summed E-state index contributed by atoms with van der Waals surface area (Å²) in [5.41, 5.74) is 3.38. The van der Waals surface area contributed by atoms with Gasteiger partial charge in [0.15, 0.2) is 11.6 Å². The van der Waals surface area contributed by atoms with E-state index in [0.717, 1.165) is 57.5 Å². The number of aryl methyl sites for hydroxylation is 1. The van der Waals surface area contributed by atoms with Gasteiger partial charge < -0.3 is 14.7 Å². The van der Waals surface area contributed by atoms with Crippen LogP contribution >= 0.6 is 0 Å². The number of hydrogen-bond donors (Lipinski definition) is 0. The Bertz CT molecular complexity index is 1110. The molecule has 0 bridgehead atoms. The molecule has 200 valence electrons. The van der Waals surface area contributed by atoms with Crippen LogP contribution in [0.3, 0.4) is 0 Å². The molecular formula is C30H39F2N3O2. The summed E-state index contributed by atoms with van der Waals surface area (Å²) in [4.78, 5) is 31.5. The van der Waals surface area contributed by atoms with Gasteiger partial charge in [-0.1, -0.05) is 37.3 Å². The molecule has 2 heterocycles. The third-order valence-corrected chi connectivity index (χ3v) is 8.47. The van der Waals surface area contributed by atoms with Crippen LogP contribution in [0.2, 0.25) is 0 Å². The highest BCUT2D eigenvalue weighted by Crippen LogP contribution is 2.40. The molecule has 2 aromatic rings. The predicted molar refractivity (Wildman–Crippen MR) is 141 cm³/mol. The van der Waals surface area contributed by atoms with E-state index in [1.165, 1.54) is 22.1 Å². The number of likely N-dealkylation sites (N-methyl/N-ethyl adjacent to an activating group) is 1. The van der Waals surface area contributed by atoms with Crippen LogP contribution in [0, 0.1) is 18.6 Å². The molecule has 2 fully saturated rings. The van der Waals surface area contributed by atoms with E-state index in [1.54, 1.807) is 11.9 Å². The first kappa shape index (κ1) is 27.2. The largest absolute Gasteiger partial charge is 0.344 e. The maximum absolute atomic E-state index is 14.0. The lowest BCUT2D eigenvalue weighted by Gasteiger charge is -2.43. The third kappa shape index (κ3) is 5.87. The first-order chi connectivity index (χ1) is 17.8. The summed E-state index contributed by atoms with van der Waals surface area (Å²) >= 11 is 0. The van der Waals surface area contributed by atoms with Crippen molar-refractivity contribution < 1.29 is 18.4 Å². The summed E-state index contributed by atoms with van der Waals surface area (Å²) in [6.07, 6.45) is 5.21. The number of hydrogen-bond acceptors (Lipinski definition) is 3. The van der Waals surface area contributed by atoms with Crippen LogP contribution in [-0.2, 0) is 15.0 Å². The summed E-state index contributed by atoms with van der Waals surface area (Å²) in [5, 5.41) is 0. The molecular weight excluding hydrogens is 472 g/mol. The zero-order chi connectivity index (χ0) is 26.6. The number of benzene rings is 2. The van der Waals surface area contributed by atoms with Gasteiger partial charge in [-0.3, -0.25) is 9.59 Å². The molecule has 0 saturated carbocycles. The molecule has 7 heteroatoms. The molecule has 1 unspecified atom stereocenters. The van der Waals surface area contributed by atoms with Crippen molar-refractivity contribution in [1.29, 1.82) is 0 Å². The van der Waals surface area contributed by atoms with Gasteiger partial charge in [0.1, 0.15) is 6.04 Å². The average Bonchev–Trinajstić information content (AvgIpc) is 3.32. The van der Waals surface area contributed by atoms with Crippen molar-refractivity contribution in [2.75, 3.05) is 39.8 Å². The number of nitrogens with zero attached hydrogens (tertiary/aromatic N) is 3. The molecule has 2 amide bonds. The SMILES string of the molecule is CCC1(c2ccccc2C)CCN(CCCN(C)C(=O)C(c2ccc(F)c(F)c2)N2CCCC2=O)CC1. The van der Waals surface area contributed by atoms with Gasteiger partial charge >= 0.3 is 0 Å². The van der Waals surface area contributed by atoms with Crippen LogP contribution in [0.5, 0.6) is 0 Å². The zero-order valence-electron chi connectivity index (χ0n) is 22.3. The predicted octanol–water partition coefficient (Wildman–Crippen LogP) is 5.23. The summed E-state index contributed by atoms with van der Waals surface area (Å²) in [5.74, 6) is -2.36. The molecule has 1 atom stereocenters. The Balaban J connectivity index is 1.35. The fourth-order valence-electron chi connectivity index (χ4n) is 6.12. The topological polar surface area (TPSA) is 43.9 Å². The number of amides is 2. The Hall–Kier alpha value is -2.80. The van der Waals surface area contributed by atoms with Gasteiger partial charge in [0.25, 0.3) is 0 Å². The molecule has 0 spiro atoms. The van der Waals surface area contributed by atoms with Crippen molar-refractivity contribution >= 4 is 11.8 Å². The molecule has 0 aliphatic carbocycles. The first-order valence-electron chi connectivity index (χ1n) is 13.5. The maximum Gasteiger partial charge on any atom is 0.249 e. The number of piperidine rings is 1. The Morgan fingerprint density at radius 2 is 1.81 bits per heavy atom. The Morgan fingerprint density at radius 1 is 1.08 bits per heavy atom. The van der Waals surface area contributed by atoms with Crippen molar-refractivity contribution in [1.82, 2.24) is 14.7 Å². The van der Waals surface area contributed by atoms with Crippen molar-refractivity contribution in [3.8, 4) is 0 Å². The van der Waals surface area contributed by atoms with Crippen LogP contribution in [0.4, 0.5) is 8.78 Å². The van der Waals surface area contributed by atoms with Gasteiger partial charge in [-0.25, -0.2) is 8.78 Å². The molecule has 2 aliphatic heterocycles. The minimum absolute atomic E-state index is 0.127. The van der Waals surface area contributed by atoms with E-state index in [9.17, 15) is 18.4 Å². The summed E-state index contributed by atoms with van der Waals surface area (Å²) in [7, 11) is 1.73. The van der Waals surface area contributed by atoms with Crippen molar-refractivity contribution in [3.63, 3.8) is 0 Å². The second kappa shape index (κ2) is 11.7. The number of carbonyl (C=O) groups excluding carboxylic acids is 2. The smallest absolute Gasteiger partial charge is 0.249 e. The lowest BCUT2D eigenvalue weighted by Crippen LogP contribution is -2.44. The quantitative estimate of drug-likeness (QED) is 0.463. The molecule has 2 saturated heterocycles. The lowest BCUT2D eigenvalue weighted by atomic mass is 9.69. The Morgan fingerprint density at radius 3 is 2.43 bits per heavy atom. The molecule has 0 aromatic heterocycles. The molecule has 37 heavy (non-hydrogen) atoms. The molecule has 0 radical (unpaired) electrons. The number of halogens is 2. The van der Waals surface area contributed by atoms with Crippen molar-refractivity contribution in [2.45, 2.75) is 63.8 Å². The van der Waals surface area contributed by atoms with E-state index >= 15 is 0 Å². The molecule has 5 nitrogen and oxygen atoms in total. The number of carbonyl (C=O) groups is 2. The van der Waals surface area contributed by atoms with Gasteiger partial charge in [0.05, 0.1) is 0 Å². The highest BCUT2D eigenvalue weighted by molar-refractivity contribution is 5.89. The van der Waals surface area contributed by atoms with Crippen molar-refractivity contribution in [3.05, 3.63) is 70.8 Å². The molecule has 2 aliphatic rings. The maximum atomic E-state index is 14.0. The van der Waals surface area contributed by atoms with Crippen LogP contribution in [0.25, 0.3) is 0 Å². The van der Waals surface area contributed by atoms with Gasteiger partial charge in [-0.05, 0) is 92.9 Å². The first-order valence-corrected chi connectivity index (χ1v) is 13.5. The van der Waals surface area contributed by atoms with Crippen LogP contribution in [-0.4, -0.2) is 66.3 Å². The van der Waals surface area contributed by atoms with Crippen LogP contribution in [0.15, 0.2) is 42.5 Å². The minimum Gasteiger partial charge on any atom is -0.344 e. The second-order valence-electron chi connectivity index (χ2n) is 10.7. The monoisotopic (exact) mass is 511 g/mol. The van der Waals surface area contributed by atoms with Gasteiger partial charge in [0, 0.05) is 26.6 Å². The lowest BCUT2D eigenvalue weighted by molar-refractivity contribution is -0.143. The van der Waals surface area contributed by atoms with Crippen LogP contribution < -0.4 is 0 Å². The van der Waals surface area contributed by atoms with Crippen LogP contribution in [0.1, 0.15) is 68.2 Å². The van der Waals surface area contributed by atoms with E-state index in [2.05, 4.69) is 43.0 Å². The van der Waals surface area contributed by atoms with E-state index < -0.39 is 17.7 Å². The zero-order valence-corrected chi connectivity index (χ0v) is 22.3. The van der Waals surface area contributed by atoms with Crippen molar-refractivity contribution in [2.24, 2.45) is 0 Å². The van der Waals surface area contributed by atoms with Gasteiger partial charge in [-0.2, -0.15) is 0 Å². The van der Waals surface area contributed by atoms with Gasteiger partial charge in [0.2, 0.25) is 11.8 Å². The van der Waals surface area contributed by atoms with E-state index in [-0.39, 0.29) is 17.2 Å². The average molecular weight is 512 g/mol. The summed E-state index contributed by atoms with van der Waals surface area (Å²) in [6, 6.07) is 11.3. The number of rotatable bonds is 9. The minimum atomic E-state index is -1.01. The van der Waals surface area contributed by atoms with E-state index in [1.807, 2.05) is 0 Å². The highest BCUT2D eigenvalue weighted by Gasteiger charge is 2.37.